The number of aromatic amines is 1. The molecule has 1 fully saturated rings. The fraction of sp³-hybridized carbons (Fsp3) is 0.588. The summed E-state index contributed by atoms with van der Waals surface area (Å²) in [5.41, 5.74) is 2.67. The Morgan fingerprint density at radius 1 is 1.26 bits per heavy atom. The molecule has 0 saturated carbocycles. The monoisotopic (exact) mass is 318 g/mol. The summed E-state index contributed by atoms with van der Waals surface area (Å²) < 4.78 is 0. The van der Waals surface area contributed by atoms with E-state index in [1.54, 1.807) is 11.8 Å². The van der Waals surface area contributed by atoms with Gasteiger partial charge in [0.15, 0.2) is 5.78 Å². The predicted molar refractivity (Wildman–Crippen MR) is 83.6 cm³/mol. The number of amides is 1. The minimum absolute atomic E-state index is 0.0921. The fourth-order valence-corrected chi connectivity index (χ4v) is 3.84. The zero-order valence-electron chi connectivity index (χ0n) is 13.5. The topological polar surface area (TPSA) is 90.5 Å². The van der Waals surface area contributed by atoms with Crippen LogP contribution >= 0.6 is 0 Å². The van der Waals surface area contributed by atoms with Crippen LogP contribution in [-0.4, -0.2) is 45.7 Å². The van der Waals surface area contributed by atoms with Crippen LogP contribution < -0.4 is 0 Å². The van der Waals surface area contributed by atoms with E-state index in [-0.39, 0.29) is 24.2 Å². The third kappa shape index (κ3) is 2.78. The van der Waals surface area contributed by atoms with Crippen LogP contribution in [0.2, 0.25) is 0 Å². The molecule has 1 aliphatic heterocycles. The van der Waals surface area contributed by atoms with Crippen molar-refractivity contribution in [3.8, 4) is 0 Å². The number of ketones is 1. The zero-order valence-corrected chi connectivity index (χ0v) is 13.5. The van der Waals surface area contributed by atoms with Crippen LogP contribution in [0.5, 0.6) is 0 Å². The number of nitrogens with one attached hydrogen (secondary N) is 1. The average molecular weight is 318 g/mol. The summed E-state index contributed by atoms with van der Waals surface area (Å²) in [5, 5.41) is 9.26. The first-order valence-corrected chi connectivity index (χ1v) is 8.15. The Labute approximate surface area is 134 Å². The number of carbonyl (C=O) groups is 3. The first-order chi connectivity index (χ1) is 10.9. The molecule has 1 amide bonds. The number of carbonyl (C=O) groups excluding carboxylic acids is 2. The maximum atomic E-state index is 12.8. The molecule has 3 rings (SSSR count). The lowest BCUT2D eigenvalue weighted by Crippen LogP contribution is -2.45. The number of aromatic nitrogens is 1. The quantitative estimate of drug-likeness (QED) is 0.873. The van der Waals surface area contributed by atoms with Gasteiger partial charge in [-0.25, -0.2) is 0 Å². The number of rotatable bonds is 2. The summed E-state index contributed by atoms with van der Waals surface area (Å²) in [7, 11) is 0. The average Bonchev–Trinajstić information content (AvgIpc) is 2.84. The minimum Gasteiger partial charge on any atom is -0.481 e. The first-order valence-electron chi connectivity index (χ1n) is 8.15. The van der Waals surface area contributed by atoms with Gasteiger partial charge in [0.05, 0.1) is 5.92 Å². The highest BCUT2D eigenvalue weighted by Crippen LogP contribution is 2.29. The number of fused-ring (bicyclic) bond motifs is 1. The third-order valence-electron chi connectivity index (χ3n) is 4.95. The van der Waals surface area contributed by atoms with E-state index in [0.29, 0.717) is 36.2 Å². The van der Waals surface area contributed by atoms with E-state index < -0.39 is 11.9 Å². The molecule has 1 aliphatic carbocycles. The van der Waals surface area contributed by atoms with Crippen LogP contribution in [0.3, 0.4) is 0 Å². The highest BCUT2D eigenvalue weighted by molar-refractivity contribution is 6.04. The molecule has 2 heterocycles. The highest BCUT2D eigenvalue weighted by Gasteiger charge is 2.34. The summed E-state index contributed by atoms with van der Waals surface area (Å²) in [6.07, 6.45) is 2.71. The number of likely N-dealkylation sites (tertiary alicyclic amines) is 1. The van der Waals surface area contributed by atoms with Crippen molar-refractivity contribution in [3.05, 3.63) is 22.5 Å². The van der Waals surface area contributed by atoms with Gasteiger partial charge in [-0.2, -0.15) is 0 Å². The van der Waals surface area contributed by atoms with Gasteiger partial charge in [0.25, 0.3) is 5.91 Å². The largest absolute Gasteiger partial charge is 0.481 e. The molecule has 1 aromatic heterocycles. The molecule has 0 spiro atoms. The molecule has 1 saturated heterocycles. The Bertz CT molecular complexity index is 676. The lowest BCUT2D eigenvalue weighted by Gasteiger charge is -2.34. The molecule has 1 aromatic rings. The van der Waals surface area contributed by atoms with E-state index in [1.807, 2.05) is 6.92 Å². The van der Waals surface area contributed by atoms with E-state index in [1.165, 1.54) is 0 Å². The number of aryl methyl sites for hydroxylation is 1. The fourth-order valence-electron chi connectivity index (χ4n) is 3.84. The van der Waals surface area contributed by atoms with E-state index in [9.17, 15) is 19.5 Å². The van der Waals surface area contributed by atoms with Gasteiger partial charge in [-0.3, -0.25) is 14.4 Å². The van der Waals surface area contributed by atoms with Crippen molar-refractivity contribution < 1.29 is 19.5 Å². The molecular formula is C17H22N2O4. The van der Waals surface area contributed by atoms with E-state index in [4.69, 9.17) is 0 Å². The predicted octanol–water partition coefficient (Wildman–Crippen LogP) is 2.02. The van der Waals surface area contributed by atoms with Gasteiger partial charge in [-0.15, -0.1) is 0 Å². The maximum absolute atomic E-state index is 12.8. The Hall–Kier alpha value is -2.11. The normalized spacial score (nSPS) is 24.4. The van der Waals surface area contributed by atoms with Crippen LogP contribution in [0.4, 0.5) is 0 Å². The summed E-state index contributed by atoms with van der Waals surface area (Å²) in [6.45, 7) is 4.55. The minimum atomic E-state index is -0.855. The summed E-state index contributed by atoms with van der Waals surface area (Å²) in [6, 6.07) is 0. The maximum Gasteiger partial charge on any atom is 0.308 e. The van der Waals surface area contributed by atoms with Crippen molar-refractivity contribution in [1.29, 1.82) is 0 Å². The van der Waals surface area contributed by atoms with Crippen LogP contribution in [0.1, 0.15) is 58.3 Å². The lowest BCUT2D eigenvalue weighted by atomic mass is 9.90. The van der Waals surface area contributed by atoms with Crippen LogP contribution in [-0.2, 0) is 11.2 Å². The second-order valence-electron chi connectivity index (χ2n) is 6.84. The van der Waals surface area contributed by atoms with Crippen LogP contribution in [0.25, 0.3) is 0 Å². The van der Waals surface area contributed by atoms with Crippen LogP contribution in [0, 0.1) is 18.8 Å². The van der Waals surface area contributed by atoms with E-state index in [0.717, 1.165) is 18.5 Å². The van der Waals surface area contributed by atoms with Crippen LogP contribution in [0.15, 0.2) is 0 Å². The highest BCUT2D eigenvalue weighted by atomic mass is 16.4. The second-order valence-corrected chi connectivity index (χ2v) is 6.84. The molecule has 2 N–H and O–H groups in total. The summed E-state index contributed by atoms with van der Waals surface area (Å²) in [5.74, 6) is -1.32. The van der Waals surface area contributed by atoms with Gasteiger partial charge in [-0.1, -0.05) is 6.92 Å². The molecule has 2 unspecified atom stereocenters. The van der Waals surface area contributed by atoms with Gasteiger partial charge in [-0.05, 0) is 37.7 Å². The summed E-state index contributed by atoms with van der Waals surface area (Å²) in [4.78, 5) is 41.0. The Morgan fingerprint density at radius 3 is 2.65 bits per heavy atom. The number of hydrogen-bond donors (Lipinski definition) is 2. The molecule has 2 atom stereocenters. The number of nitrogens with zero attached hydrogens (tertiary/aromatic N) is 1. The molecule has 124 valence electrons. The smallest absolute Gasteiger partial charge is 0.308 e. The Balaban J connectivity index is 1.88. The number of carboxylic acids is 1. The number of carboxylic acid groups (broad SMARTS) is 1. The van der Waals surface area contributed by atoms with Gasteiger partial charge in [0.1, 0.15) is 5.69 Å². The van der Waals surface area contributed by atoms with Crippen molar-refractivity contribution >= 4 is 17.7 Å². The number of piperidine rings is 1. The van der Waals surface area contributed by atoms with E-state index >= 15 is 0 Å². The molecule has 0 aromatic carbocycles. The van der Waals surface area contributed by atoms with Gasteiger partial charge in [0, 0.05) is 30.8 Å². The standard InChI is InChI=1S/C17H22N2O4/c1-9-6-11(17(22)23)8-19(7-9)16(21)15-10(2)14-12(18-15)4-3-5-13(14)20/h9,11,18H,3-8H2,1-2H3,(H,22,23). The zero-order chi connectivity index (χ0) is 16.7. The van der Waals surface area contributed by atoms with Gasteiger partial charge in [0.2, 0.25) is 0 Å². The molecule has 23 heavy (non-hydrogen) atoms. The van der Waals surface area contributed by atoms with Crippen molar-refractivity contribution in [2.24, 2.45) is 11.8 Å². The van der Waals surface area contributed by atoms with Gasteiger partial charge >= 0.3 is 5.97 Å². The van der Waals surface area contributed by atoms with Gasteiger partial charge < -0.3 is 15.0 Å². The summed E-state index contributed by atoms with van der Waals surface area (Å²) >= 11 is 0. The number of H-pyrrole nitrogens is 1. The van der Waals surface area contributed by atoms with Crippen molar-refractivity contribution in [2.75, 3.05) is 13.1 Å². The molecule has 0 radical (unpaired) electrons. The first kappa shape index (κ1) is 15.8. The molecule has 2 aliphatic rings. The molecular weight excluding hydrogens is 296 g/mol. The number of hydrogen-bond acceptors (Lipinski definition) is 3. The Kier molecular flexibility index (Phi) is 4.00. The van der Waals surface area contributed by atoms with E-state index in [2.05, 4.69) is 4.98 Å². The molecule has 6 nitrogen and oxygen atoms in total. The lowest BCUT2D eigenvalue weighted by molar-refractivity contribution is -0.143. The second kappa shape index (κ2) is 5.83. The van der Waals surface area contributed by atoms with Crippen molar-refractivity contribution in [3.63, 3.8) is 0 Å². The van der Waals surface area contributed by atoms with Crippen molar-refractivity contribution in [2.45, 2.75) is 39.5 Å². The Morgan fingerprint density at radius 2 is 2.00 bits per heavy atom. The molecule has 6 heteroatoms. The molecule has 0 bridgehead atoms. The number of aliphatic carboxylic acids is 1. The SMILES string of the molecule is Cc1c(C(=O)N2CC(C)CC(C(=O)O)C2)[nH]c2c1C(=O)CCC2. The van der Waals surface area contributed by atoms with Crippen molar-refractivity contribution in [1.82, 2.24) is 9.88 Å². The third-order valence-corrected chi connectivity index (χ3v) is 4.95. The number of Topliss-reactive ketones (excluding diaryl/α,β-unsaturated/α-hetero) is 1.